The summed E-state index contributed by atoms with van der Waals surface area (Å²) in [7, 11) is 0. The highest BCUT2D eigenvalue weighted by Crippen LogP contribution is 2.48. The van der Waals surface area contributed by atoms with Gasteiger partial charge in [0.25, 0.3) is 0 Å². The highest BCUT2D eigenvalue weighted by atomic mass is 16.5. The van der Waals surface area contributed by atoms with Gasteiger partial charge in [-0.2, -0.15) is 0 Å². The molecule has 0 unspecified atom stereocenters. The van der Waals surface area contributed by atoms with Crippen molar-refractivity contribution in [3.05, 3.63) is 0 Å². The Morgan fingerprint density at radius 2 is 1.73 bits per heavy atom. The van der Waals surface area contributed by atoms with Gasteiger partial charge in [-0.25, -0.2) is 0 Å². The molecule has 2 bridgehead atoms. The summed E-state index contributed by atoms with van der Waals surface area (Å²) in [5.74, 6) is 0. The van der Waals surface area contributed by atoms with Crippen LogP contribution in [0.1, 0.15) is 53.4 Å². The zero-order valence-corrected chi connectivity index (χ0v) is 10.7. The van der Waals surface area contributed by atoms with Gasteiger partial charge >= 0.3 is 0 Å². The van der Waals surface area contributed by atoms with Crippen LogP contribution in [0.4, 0.5) is 0 Å². The summed E-state index contributed by atoms with van der Waals surface area (Å²) in [6, 6.07) is 0. The number of ether oxygens (including phenoxy) is 1. The number of hydrogen-bond acceptors (Lipinski definition) is 2. The van der Waals surface area contributed by atoms with Crippen molar-refractivity contribution in [1.29, 1.82) is 0 Å². The lowest BCUT2D eigenvalue weighted by atomic mass is 9.66. The molecular formula is C13H25NO. The number of nitrogens with one attached hydrogen (secondary N) is 1. The van der Waals surface area contributed by atoms with Crippen molar-refractivity contribution in [1.82, 2.24) is 5.32 Å². The van der Waals surface area contributed by atoms with E-state index in [9.17, 15) is 0 Å². The quantitative estimate of drug-likeness (QED) is 0.758. The van der Waals surface area contributed by atoms with Crippen molar-refractivity contribution in [2.75, 3.05) is 13.2 Å². The second-order valence-corrected chi connectivity index (χ2v) is 6.84. The van der Waals surface area contributed by atoms with Crippen LogP contribution in [0.15, 0.2) is 0 Å². The predicted octanol–water partition coefficient (Wildman–Crippen LogP) is 2.72. The molecule has 2 heteroatoms. The molecule has 0 aromatic carbocycles. The molecule has 3 rings (SSSR count). The predicted molar refractivity (Wildman–Crippen MR) is 63.0 cm³/mol. The van der Waals surface area contributed by atoms with Crippen LogP contribution in [0.25, 0.3) is 0 Å². The van der Waals surface area contributed by atoms with Crippen molar-refractivity contribution in [3.8, 4) is 0 Å². The van der Waals surface area contributed by atoms with E-state index in [0.29, 0.717) is 5.41 Å². The van der Waals surface area contributed by atoms with Crippen LogP contribution in [-0.4, -0.2) is 24.3 Å². The van der Waals surface area contributed by atoms with E-state index in [0.717, 1.165) is 13.2 Å². The van der Waals surface area contributed by atoms with Gasteiger partial charge in [0, 0.05) is 17.5 Å². The molecule has 3 fully saturated rings. The molecule has 1 N–H and O–H groups in total. The molecule has 0 radical (unpaired) electrons. The Bertz CT molecular complexity index is 217. The van der Waals surface area contributed by atoms with Crippen molar-refractivity contribution in [2.24, 2.45) is 5.41 Å². The first-order valence-corrected chi connectivity index (χ1v) is 6.22. The maximum Gasteiger partial charge on any atom is 0.0655 e. The first kappa shape index (κ1) is 11.4. The molecule has 3 aliphatic rings. The highest BCUT2D eigenvalue weighted by molar-refractivity contribution is 4.98. The molecular weight excluding hydrogens is 186 g/mol. The lowest BCUT2D eigenvalue weighted by Crippen LogP contribution is -2.55. The summed E-state index contributed by atoms with van der Waals surface area (Å²) in [6.07, 6.45) is 5.18. The fourth-order valence-corrected chi connectivity index (χ4v) is 2.61. The summed E-state index contributed by atoms with van der Waals surface area (Å²) >= 11 is 0. The average Bonchev–Trinajstić information content (AvgIpc) is 2.16. The molecule has 0 aromatic rings. The summed E-state index contributed by atoms with van der Waals surface area (Å²) in [6.45, 7) is 11.1. The van der Waals surface area contributed by atoms with Crippen LogP contribution in [0.5, 0.6) is 0 Å². The lowest BCUT2D eigenvalue weighted by Gasteiger charge is -2.52. The smallest absolute Gasteiger partial charge is 0.0655 e. The van der Waals surface area contributed by atoms with Gasteiger partial charge < -0.3 is 10.1 Å². The molecule has 1 aliphatic carbocycles. The fraction of sp³-hybridized carbons (Fsp3) is 1.00. The van der Waals surface area contributed by atoms with E-state index in [1.54, 1.807) is 0 Å². The Morgan fingerprint density at radius 3 is 2.13 bits per heavy atom. The minimum atomic E-state index is 0.212. The SMILES string of the molecule is CC(C)(C)NCC12CCC(C)(CC1)OC2. The van der Waals surface area contributed by atoms with Crippen molar-refractivity contribution < 1.29 is 4.74 Å². The first-order chi connectivity index (χ1) is 6.83. The molecule has 0 spiro atoms. The Balaban J connectivity index is 1.92. The van der Waals surface area contributed by atoms with Gasteiger partial charge in [0.2, 0.25) is 0 Å². The summed E-state index contributed by atoms with van der Waals surface area (Å²) in [4.78, 5) is 0. The van der Waals surface area contributed by atoms with Crippen LogP contribution < -0.4 is 5.32 Å². The third-order valence-electron chi connectivity index (χ3n) is 4.09. The van der Waals surface area contributed by atoms with Crippen molar-refractivity contribution in [2.45, 2.75) is 64.5 Å². The van der Waals surface area contributed by atoms with E-state index in [1.807, 2.05) is 0 Å². The Kier molecular flexibility index (Phi) is 2.63. The molecule has 0 aromatic heterocycles. The third kappa shape index (κ3) is 2.54. The lowest BCUT2D eigenvalue weighted by molar-refractivity contribution is -0.173. The maximum absolute atomic E-state index is 5.99. The third-order valence-corrected chi connectivity index (χ3v) is 4.09. The van der Waals surface area contributed by atoms with E-state index in [-0.39, 0.29) is 11.1 Å². The molecule has 0 atom stereocenters. The van der Waals surface area contributed by atoms with Gasteiger partial charge in [0.05, 0.1) is 12.2 Å². The second-order valence-electron chi connectivity index (χ2n) is 6.84. The van der Waals surface area contributed by atoms with E-state index < -0.39 is 0 Å². The number of rotatable bonds is 2. The largest absolute Gasteiger partial charge is 0.375 e. The summed E-state index contributed by atoms with van der Waals surface area (Å²) < 4.78 is 5.99. The Hall–Kier alpha value is -0.0800. The van der Waals surface area contributed by atoms with Gasteiger partial charge in [-0.1, -0.05) is 0 Å². The Morgan fingerprint density at radius 1 is 1.13 bits per heavy atom. The second kappa shape index (κ2) is 3.46. The molecule has 2 heterocycles. The van der Waals surface area contributed by atoms with E-state index in [4.69, 9.17) is 4.74 Å². The number of hydrogen-bond donors (Lipinski definition) is 1. The van der Waals surface area contributed by atoms with Crippen LogP contribution in [0.3, 0.4) is 0 Å². The normalized spacial score (nSPS) is 40.8. The maximum atomic E-state index is 5.99. The Labute approximate surface area is 93.8 Å². The van der Waals surface area contributed by atoms with Gasteiger partial charge in [-0.05, 0) is 53.4 Å². The van der Waals surface area contributed by atoms with Crippen LogP contribution >= 0.6 is 0 Å². The fourth-order valence-electron chi connectivity index (χ4n) is 2.61. The first-order valence-electron chi connectivity index (χ1n) is 6.22. The van der Waals surface area contributed by atoms with Gasteiger partial charge in [-0.15, -0.1) is 0 Å². The molecule has 2 saturated heterocycles. The molecule has 2 aliphatic heterocycles. The summed E-state index contributed by atoms with van der Waals surface area (Å²) in [5.41, 5.74) is 0.876. The standard InChI is InChI=1S/C13H25NO/c1-11(2,3)14-9-13-7-5-12(4,6-8-13)15-10-13/h14H,5-10H2,1-4H3. The number of fused-ring (bicyclic) bond motifs is 3. The zero-order chi connectivity index (χ0) is 11.2. The molecule has 1 saturated carbocycles. The van der Waals surface area contributed by atoms with E-state index in [2.05, 4.69) is 33.0 Å². The summed E-state index contributed by atoms with van der Waals surface area (Å²) in [5, 5.41) is 3.64. The molecule has 15 heavy (non-hydrogen) atoms. The van der Waals surface area contributed by atoms with Gasteiger partial charge in [0.15, 0.2) is 0 Å². The zero-order valence-electron chi connectivity index (χ0n) is 10.7. The van der Waals surface area contributed by atoms with Crippen LogP contribution in [-0.2, 0) is 4.74 Å². The molecule has 88 valence electrons. The minimum absolute atomic E-state index is 0.212. The molecule has 0 amide bonds. The highest BCUT2D eigenvalue weighted by Gasteiger charge is 2.47. The van der Waals surface area contributed by atoms with Crippen molar-refractivity contribution in [3.63, 3.8) is 0 Å². The minimum Gasteiger partial charge on any atom is -0.375 e. The topological polar surface area (TPSA) is 21.3 Å². The van der Waals surface area contributed by atoms with E-state index in [1.165, 1.54) is 25.7 Å². The van der Waals surface area contributed by atoms with E-state index >= 15 is 0 Å². The van der Waals surface area contributed by atoms with Crippen molar-refractivity contribution >= 4 is 0 Å². The molecule has 2 nitrogen and oxygen atoms in total. The average molecular weight is 211 g/mol. The van der Waals surface area contributed by atoms with Crippen LogP contribution in [0, 0.1) is 5.41 Å². The monoisotopic (exact) mass is 211 g/mol. The van der Waals surface area contributed by atoms with Gasteiger partial charge in [0.1, 0.15) is 0 Å². The van der Waals surface area contributed by atoms with Gasteiger partial charge in [-0.3, -0.25) is 0 Å². The van der Waals surface area contributed by atoms with Crippen LogP contribution in [0.2, 0.25) is 0 Å².